The van der Waals surface area contributed by atoms with Crippen LogP contribution < -0.4 is 4.90 Å². The van der Waals surface area contributed by atoms with E-state index in [2.05, 4.69) is 33.9 Å². The molecule has 17 heavy (non-hydrogen) atoms. The van der Waals surface area contributed by atoms with E-state index in [0.29, 0.717) is 11.2 Å². The van der Waals surface area contributed by atoms with Gasteiger partial charge in [-0.2, -0.15) is 0 Å². The molecule has 5 heteroatoms. The van der Waals surface area contributed by atoms with Gasteiger partial charge in [0.25, 0.3) is 0 Å². The van der Waals surface area contributed by atoms with Crippen molar-refractivity contribution < 1.29 is 0 Å². The molecule has 0 N–H and O–H groups in total. The molecule has 4 nitrogen and oxygen atoms in total. The Bertz CT molecular complexity index is 374. The molecular formula is C12H19ClN4. The predicted octanol–water partition coefficient (Wildman–Crippen LogP) is 1.97. The molecule has 2 heterocycles. The number of aromatic nitrogens is 2. The van der Waals surface area contributed by atoms with Crippen LogP contribution in [0.5, 0.6) is 0 Å². The Kier molecular flexibility index (Phi) is 3.84. The predicted molar refractivity (Wildman–Crippen MR) is 70.7 cm³/mol. The highest BCUT2D eigenvalue weighted by Gasteiger charge is 2.26. The highest BCUT2D eigenvalue weighted by molar-refractivity contribution is 6.29. The third-order valence-electron chi connectivity index (χ3n) is 3.04. The van der Waals surface area contributed by atoms with Crippen LogP contribution in [-0.2, 0) is 0 Å². The van der Waals surface area contributed by atoms with Crippen LogP contribution in [0, 0.1) is 6.92 Å². The second-order valence-corrected chi connectivity index (χ2v) is 5.24. The lowest BCUT2D eigenvalue weighted by Gasteiger charge is -2.28. The fraction of sp³-hybridized carbons (Fsp3) is 0.667. The van der Waals surface area contributed by atoms with Crippen molar-refractivity contribution in [1.29, 1.82) is 0 Å². The first-order valence-electron chi connectivity index (χ1n) is 5.99. The third-order valence-corrected chi connectivity index (χ3v) is 3.23. The standard InChI is InChI=1S/C12H19ClN4/c1-9-14-11(13)7-12(15-9)17-6-4-5-10(17)8-16(2)3/h7,10H,4-6,8H2,1-3H3. The smallest absolute Gasteiger partial charge is 0.134 e. The first-order valence-corrected chi connectivity index (χ1v) is 6.36. The molecule has 0 saturated carbocycles. The van der Waals surface area contributed by atoms with Crippen LogP contribution in [0.3, 0.4) is 0 Å². The summed E-state index contributed by atoms with van der Waals surface area (Å²) in [6.07, 6.45) is 2.44. The number of rotatable bonds is 3. The zero-order valence-corrected chi connectivity index (χ0v) is 11.4. The zero-order valence-electron chi connectivity index (χ0n) is 10.6. The van der Waals surface area contributed by atoms with Crippen LogP contribution in [0.15, 0.2) is 6.07 Å². The first-order chi connectivity index (χ1) is 8.06. The van der Waals surface area contributed by atoms with Crippen molar-refractivity contribution in [3.8, 4) is 0 Å². The Morgan fingerprint density at radius 1 is 1.47 bits per heavy atom. The molecule has 1 aromatic heterocycles. The summed E-state index contributed by atoms with van der Waals surface area (Å²) in [6.45, 7) is 4.00. The summed E-state index contributed by atoms with van der Waals surface area (Å²) in [5.41, 5.74) is 0. The van der Waals surface area contributed by atoms with Gasteiger partial charge in [-0.15, -0.1) is 0 Å². The molecule has 1 atom stereocenters. The molecule has 1 unspecified atom stereocenters. The summed E-state index contributed by atoms with van der Waals surface area (Å²) in [6, 6.07) is 2.40. The largest absolute Gasteiger partial charge is 0.352 e. The highest BCUT2D eigenvalue weighted by Crippen LogP contribution is 2.25. The van der Waals surface area contributed by atoms with Crippen molar-refractivity contribution in [2.24, 2.45) is 0 Å². The normalized spacial score (nSPS) is 20.3. The molecule has 1 aromatic rings. The van der Waals surface area contributed by atoms with Crippen molar-refractivity contribution in [2.75, 3.05) is 32.1 Å². The minimum atomic E-state index is 0.531. The van der Waals surface area contributed by atoms with Crippen LogP contribution in [-0.4, -0.2) is 48.1 Å². The van der Waals surface area contributed by atoms with Gasteiger partial charge in [-0.25, -0.2) is 9.97 Å². The lowest BCUT2D eigenvalue weighted by Crippen LogP contribution is -2.38. The van der Waals surface area contributed by atoms with E-state index in [1.54, 1.807) is 0 Å². The third kappa shape index (κ3) is 3.07. The Balaban J connectivity index is 2.19. The molecule has 94 valence electrons. The van der Waals surface area contributed by atoms with Gasteiger partial charge in [-0.3, -0.25) is 0 Å². The summed E-state index contributed by atoms with van der Waals surface area (Å²) in [4.78, 5) is 13.2. The topological polar surface area (TPSA) is 32.3 Å². The molecule has 0 amide bonds. The number of halogens is 1. The summed E-state index contributed by atoms with van der Waals surface area (Å²) >= 11 is 5.99. The van der Waals surface area contributed by atoms with Gasteiger partial charge < -0.3 is 9.80 Å². The first kappa shape index (κ1) is 12.6. The second-order valence-electron chi connectivity index (χ2n) is 4.85. The molecule has 0 aliphatic carbocycles. The van der Waals surface area contributed by atoms with Crippen molar-refractivity contribution in [2.45, 2.75) is 25.8 Å². The maximum absolute atomic E-state index is 5.99. The van der Waals surface area contributed by atoms with Crippen molar-refractivity contribution in [1.82, 2.24) is 14.9 Å². The monoisotopic (exact) mass is 254 g/mol. The molecule has 0 aromatic carbocycles. The summed E-state index contributed by atoms with van der Waals surface area (Å²) in [5, 5.41) is 0.531. The number of anilines is 1. The summed E-state index contributed by atoms with van der Waals surface area (Å²) in [7, 11) is 4.21. The van der Waals surface area contributed by atoms with E-state index in [1.807, 2.05) is 13.0 Å². The Morgan fingerprint density at radius 2 is 2.24 bits per heavy atom. The molecule has 0 spiro atoms. The molecule has 2 rings (SSSR count). The molecule has 0 bridgehead atoms. The lowest BCUT2D eigenvalue weighted by molar-refractivity contribution is 0.371. The van der Waals surface area contributed by atoms with Gasteiger partial charge in [0.05, 0.1) is 0 Å². The van der Waals surface area contributed by atoms with E-state index < -0.39 is 0 Å². The Morgan fingerprint density at radius 3 is 2.88 bits per heavy atom. The number of hydrogen-bond donors (Lipinski definition) is 0. The van der Waals surface area contributed by atoms with Crippen LogP contribution in [0.1, 0.15) is 18.7 Å². The maximum Gasteiger partial charge on any atom is 0.134 e. The van der Waals surface area contributed by atoms with Crippen molar-refractivity contribution in [3.05, 3.63) is 17.0 Å². The van der Waals surface area contributed by atoms with Gasteiger partial charge in [0.2, 0.25) is 0 Å². The minimum Gasteiger partial charge on any atom is -0.352 e. The average Bonchev–Trinajstić information content (AvgIpc) is 2.63. The van der Waals surface area contributed by atoms with Crippen molar-refractivity contribution >= 4 is 17.4 Å². The van der Waals surface area contributed by atoms with Crippen LogP contribution >= 0.6 is 11.6 Å². The number of aryl methyl sites for hydroxylation is 1. The van der Waals surface area contributed by atoms with E-state index in [0.717, 1.165) is 24.7 Å². The van der Waals surface area contributed by atoms with Gasteiger partial charge in [0.15, 0.2) is 0 Å². The average molecular weight is 255 g/mol. The zero-order chi connectivity index (χ0) is 12.4. The van der Waals surface area contributed by atoms with Crippen molar-refractivity contribution in [3.63, 3.8) is 0 Å². The van der Waals surface area contributed by atoms with Gasteiger partial charge in [0.1, 0.15) is 16.8 Å². The van der Waals surface area contributed by atoms with E-state index in [9.17, 15) is 0 Å². The summed E-state index contributed by atoms with van der Waals surface area (Å²) < 4.78 is 0. The van der Waals surface area contributed by atoms with E-state index in [1.165, 1.54) is 12.8 Å². The highest BCUT2D eigenvalue weighted by atomic mass is 35.5. The lowest BCUT2D eigenvalue weighted by atomic mass is 10.2. The number of likely N-dealkylation sites (N-methyl/N-ethyl adjacent to an activating group) is 1. The molecule has 1 aliphatic rings. The Hall–Kier alpha value is -0.870. The fourth-order valence-electron chi connectivity index (χ4n) is 2.41. The van der Waals surface area contributed by atoms with Gasteiger partial charge in [-0.05, 0) is 33.9 Å². The van der Waals surface area contributed by atoms with Crippen LogP contribution in [0.2, 0.25) is 5.15 Å². The second kappa shape index (κ2) is 5.19. The van der Waals surface area contributed by atoms with E-state index in [-0.39, 0.29) is 0 Å². The van der Waals surface area contributed by atoms with Gasteiger partial charge in [0, 0.05) is 25.2 Å². The summed E-state index contributed by atoms with van der Waals surface area (Å²) in [5.74, 6) is 1.70. The fourth-order valence-corrected chi connectivity index (χ4v) is 2.63. The van der Waals surface area contributed by atoms with E-state index >= 15 is 0 Å². The SMILES string of the molecule is Cc1nc(Cl)cc(N2CCCC2CN(C)C)n1. The van der Waals surface area contributed by atoms with Gasteiger partial charge >= 0.3 is 0 Å². The van der Waals surface area contributed by atoms with Crippen LogP contribution in [0.4, 0.5) is 5.82 Å². The minimum absolute atomic E-state index is 0.531. The van der Waals surface area contributed by atoms with Crippen LogP contribution in [0.25, 0.3) is 0 Å². The molecule has 0 radical (unpaired) electrons. The quantitative estimate of drug-likeness (QED) is 0.772. The van der Waals surface area contributed by atoms with Gasteiger partial charge in [-0.1, -0.05) is 11.6 Å². The molecular weight excluding hydrogens is 236 g/mol. The molecule has 1 aliphatic heterocycles. The molecule has 1 fully saturated rings. The van der Waals surface area contributed by atoms with E-state index in [4.69, 9.17) is 11.6 Å². The number of hydrogen-bond acceptors (Lipinski definition) is 4. The Labute approximate surface area is 108 Å². The maximum atomic E-state index is 5.99. The molecule has 1 saturated heterocycles. The number of nitrogens with zero attached hydrogens (tertiary/aromatic N) is 4.